The molecule has 1 heterocycles. The number of hydrogen-bond acceptors (Lipinski definition) is 4. The second-order valence-corrected chi connectivity index (χ2v) is 7.00. The van der Waals surface area contributed by atoms with Gasteiger partial charge in [-0.25, -0.2) is 4.79 Å². The first-order chi connectivity index (χ1) is 12.5. The van der Waals surface area contributed by atoms with Crippen LogP contribution in [-0.4, -0.2) is 24.0 Å². The van der Waals surface area contributed by atoms with Gasteiger partial charge in [0.25, 0.3) is 0 Å². The second kappa shape index (κ2) is 7.88. The van der Waals surface area contributed by atoms with Crippen LogP contribution in [0.3, 0.4) is 0 Å². The average Bonchev–Trinajstić information content (AvgIpc) is 2.96. The molecule has 0 saturated carbocycles. The second-order valence-electron chi connectivity index (χ2n) is 6.09. The molecule has 2 unspecified atom stereocenters. The van der Waals surface area contributed by atoms with Crippen molar-refractivity contribution in [3.05, 3.63) is 68.6 Å². The van der Waals surface area contributed by atoms with Gasteiger partial charge < -0.3 is 14.5 Å². The van der Waals surface area contributed by atoms with Gasteiger partial charge in [-0.05, 0) is 42.3 Å². The monoisotopic (exact) mass is 418 g/mol. The number of methoxy groups -OCH3 is 1. The molecule has 1 aromatic heterocycles. The summed E-state index contributed by atoms with van der Waals surface area (Å²) in [6.45, 7) is 1.91. The Kier molecular flexibility index (Phi) is 5.58. The van der Waals surface area contributed by atoms with Gasteiger partial charge in [0.1, 0.15) is 6.10 Å². The zero-order chi connectivity index (χ0) is 18.7. The molecule has 2 aromatic carbocycles. The summed E-state index contributed by atoms with van der Waals surface area (Å²) in [5.41, 5.74) is 2.83. The molecular weight excluding hydrogens is 400 g/mol. The van der Waals surface area contributed by atoms with Crippen molar-refractivity contribution in [3.8, 4) is 0 Å². The molecule has 0 radical (unpaired) electrons. The van der Waals surface area contributed by atoms with E-state index >= 15 is 0 Å². The Morgan fingerprint density at radius 2 is 2.00 bits per heavy atom. The normalized spacial score (nSPS) is 13.5. The van der Waals surface area contributed by atoms with E-state index in [1.807, 2.05) is 31.2 Å². The summed E-state index contributed by atoms with van der Waals surface area (Å²) in [7, 11) is 1.62. The lowest BCUT2D eigenvalue weighted by atomic mass is 10.0. The van der Waals surface area contributed by atoms with E-state index in [2.05, 4.69) is 26.2 Å². The first-order valence-corrected chi connectivity index (χ1v) is 8.95. The number of amides is 1. The molecule has 1 amide bonds. The molecule has 3 aromatic rings. The van der Waals surface area contributed by atoms with Gasteiger partial charge in [-0.2, -0.15) is 0 Å². The van der Waals surface area contributed by atoms with E-state index in [1.54, 1.807) is 25.3 Å². The van der Waals surface area contributed by atoms with Gasteiger partial charge in [0.2, 0.25) is 5.91 Å². The summed E-state index contributed by atoms with van der Waals surface area (Å²) in [5, 5.41) is 2.97. The minimum atomic E-state index is -0.507. The van der Waals surface area contributed by atoms with E-state index in [1.165, 1.54) is 0 Å². The van der Waals surface area contributed by atoms with Gasteiger partial charge in [-0.3, -0.25) is 9.78 Å². The number of carbonyl (C=O) groups excluding carboxylic acids is 1. The molecule has 0 fully saturated rings. The van der Waals surface area contributed by atoms with Crippen LogP contribution in [0.4, 0.5) is 0 Å². The first kappa shape index (κ1) is 18.4. The van der Waals surface area contributed by atoms with Crippen LogP contribution < -0.4 is 11.1 Å². The van der Waals surface area contributed by atoms with Crippen LogP contribution in [0, 0.1) is 0 Å². The number of fused-ring (bicyclic) bond motifs is 1. The van der Waals surface area contributed by atoms with Gasteiger partial charge in [0.05, 0.1) is 18.0 Å². The van der Waals surface area contributed by atoms with E-state index in [0.29, 0.717) is 11.1 Å². The molecule has 0 aliphatic carbocycles. The van der Waals surface area contributed by atoms with Crippen LogP contribution in [0.15, 0.2) is 56.1 Å². The highest BCUT2D eigenvalue weighted by Gasteiger charge is 2.21. The van der Waals surface area contributed by atoms with E-state index in [9.17, 15) is 9.59 Å². The lowest BCUT2D eigenvalue weighted by Gasteiger charge is -2.24. The third-order valence-corrected chi connectivity index (χ3v) is 4.67. The van der Waals surface area contributed by atoms with Crippen molar-refractivity contribution in [1.29, 1.82) is 0 Å². The topological polar surface area (TPSA) is 84.3 Å². The number of carbonyl (C=O) groups is 1. The van der Waals surface area contributed by atoms with Gasteiger partial charge in [0.15, 0.2) is 5.58 Å². The zero-order valence-electron chi connectivity index (χ0n) is 14.4. The minimum absolute atomic E-state index is 0.123. The number of rotatable bonds is 6. The van der Waals surface area contributed by atoms with Crippen molar-refractivity contribution in [2.24, 2.45) is 0 Å². The Bertz CT molecular complexity index is 962. The maximum absolute atomic E-state index is 12.4. The maximum atomic E-state index is 12.4. The Hall–Kier alpha value is -2.38. The van der Waals surface area contributed by atoms with Gasteiger partial charge >= 0.3 is 5.76 Å². The number of benzene rings is 2. The molecule has 0 aliphatic heterocycles. The smallest absolute Gasteiger partial charge is 0.408 e. The highest BCUT2D eigenvalue weighted by molar-refractivity contribution is 9.10. The number of halogens is 1. The highest BCUT2D eigenvalue weighted by Crippen LogP contribution is 2.23. The molecule has 7 heteroatoms. The fourth-order valence-electron chi connectivity index (χ4n) is 2.96. The van der Waals surface area contributed by atoms with Crippen molar-refractivity contribution in [2.45, 2.75) is 25.5 Å². The van der Waals surface area contributed by atoms with Crippen molar-refractivity contribution in [1.82, 2.24) is 10.3 Å². The predicted octanol–water partition coefficient (Wildman–Crippen LogP) is 3.32. The van der Waals surface area contributed by atoms with E-state index < -0.39 is 5.76 Å². The van der Waals surface area contributed by atoms with Gasteiger partial charge in [-0.15, -0.1) is 0 Å². The van der Waals surface area contributed by atoms with Gasteiger partial charge in [0, 0.05) is 11.6 Å². The lowest BCUT2D eigenvalue weighted by Crippen LogP contribution is -2.38. The molecule has 26 heavy (non-hydrogen) atoms. The lowest BCUT2D eigenvalue weighted by molar-refractivity contribution is -0.122. The summed E-state index contributed by atoms with van der Waals surface area (Å²) in [6, 6.07) is 12.8. The molecule has 136 valence electrons. The molecule has 0 aliphatic rings. The van der Waals surface area contributed by atoms with Crippen LogP contribution in [0.5, 0.6) is 0 Å². The number of H-pyrrole nitrogens is 1. The Morgan fingerprint density at radius 1 is 1.27 bits per heavy atom. The van der Waals surface area contributed by atoms with E-state index in [0.717, 1.165) is 15.6 Å². The molecule has 0 bridgehead atoms. The standard InChI is InChI=1S/C19H19BrN2O4/c1-11(18(25-2)13-4-6-14(20)7-5-13)21-17(23)10-12-3-8-16-15(9-12)22-19(24)26-16/h3-9,11,18H,10H2,1-2H3,(H,21,23)(H,22,24). The molecule has 2 N–H and O–H groups in total. The number of aromatic amines is 1. The maximum Gasteiger partial charge on any atom is 0.417 e. The number of hydrogen-bond donors (Lipinski definition) is 2. The molecular formula is C19H19BrN2O4. The Labute approximate surface area is 158 Å². The Morgan fingerprint density at radius 3 is 2.69 bits per heavy atom. The zero-order valence-corrected chi connectivity index (χ0v) is 16.0. The third-order valence-electron chi connectivity index (χ3n) is 4.14. The number of oxazole rings is 1. The van der Waals surface area contributed by atoms with Crippen molar-refractivity contribution in [3.63, 3.8) is 0 Å². The van der Waals surface area contributed by atoms with Crippen LogP contribution in [0.2, 0.25) is 0 Å². The molecule has 0 spiro atoms. The highest BCUT2D eigenvalue weighted by atomic mass is 79.9. The average molecular weight is 419 g/mol. The van der Waals surface area contributed by atoms with Crippen LogP contribution >= 0.6 is 15.9 Å². The van der Waals surface area contributed by atoms with Crippen molar-refractivity contribution in [2.75, 3.05) is 7.11 Å². The summed E-state index contributed by atoms with van der Waals surface area (Å²) < 4.78 is 11.5. The minimum Gasteiger partial charge on any atom is -0.408 e. The summed E-state index contributed by atoms with van der Waals surface area (Å²) in [4.78, 5) is 26.2. The number of nitrogens with one attached hydrogen (secondary N) is 2. The summed E-state index contributed by atoms with van der Waals surface area (Å²) >= 11 is 3.41. The summed E-state index contributed by atoms with van der Waals surface area (Å²) in [6.07, 6.45) is -0.0516. The molecule has 0 saturated heterocycles. The van der Waals surface area contributed by atoms with E-state index in [4.69, 9.17) is 9.15 Å². The fraction of sp³-hybridized carbons (Fsp3) is 0.263. The number of aromatic nitrogens is 1. The fourth-order valence-corrected chi connectivity index (χ4v) is 3.22. The van der Waals surface area contributed by atoms with Crippen LogP contribution in [0.1, 0.15) is 24.2 Å². The van der Waals surface area contributed by atoms with Crippen molar-refractivity contribution < 1.29 is 13.9 Å². The van der Waals surface area contributed by atoms with E-state index in [-0.39, 0.29) is 24.5 Å². The largest absolute Gasteiger partial charge is 0.417 e. The SMILES string of the molecule is COC(c1ccc(Br)cc1)C(C)NC(=O)Cc1ccc2oc(=O)[nH]c2c1. The number of ether oxygens (including phenoxy) is 1. The molecule has 2 atom stereocenters. The van der Waals surface area contributed by atoms with Crippen molar-refractivity contribution >= 4 is 32.9 Å². The third kappa shape index (κ3) is 4.23. The predicted molar refractivity (Wildman–Crippen MR) is 102 cm³/mol. The summed E-state index contributed by atoms with van der Waals surface area (Å²) in [5.74, 6) is -0.630. The molecule has 6 nitrogen and oxygen atoms in total. The van der Waals surface area contributed by atoms with Crippen LogP contribution in [-0.2, 0) is 16.0 Å². The van der Waals surface area contributed by atoms with Crippen LogP contribution in [0.25, 0.3) is 11.1 Å². The quantitative estimate of drug-likeness (QED) is 0.642. The first-order valence-electron chi connectivity index (χ1n) is 8.15. The molecule has 3 rings (SSSR count). The van der Waals surface area contributed by atoms with Gasteiger partial charge in [-0.1, -0.05) is 34.1 Å². The Balaban J connectivity index is 1.67.